The van der Waals surface area contributed by atoms with E-state index in [0.717, 1.165) is 35.5 Å². The van der Waals surface area contributed by atoms with E-state index in [1.165, 1.54) is 4.88 Å². The summed E-state index contributed by atoms with van der Waals surface area (Å²) in [6, 6.07) is 0. The van der Waals surface area contributed by atoms with Crippen LogP contribution in [0.15, 0.2) is 9.52 Å². The van der Waals surface area contributed by atoms with Crippen LogP contribution in [0, 0.1) is 13.8 Å². The summed E-state index contributed by atoms with van der Waals surface area (Å²) >= 11 is 1.75. The molecule has 9 heteroatoms. The molecule has 0 fully saturated rings. The standard InChI is InChI=1S/C16H26N6OS.HI/c1-10(2)15-21-13(23-22-15)6-8-18-16(17-5)19-9-7-14-20-11(3)12(4)24-14;/h10H,6-9H2,1-5H3,(H2,17,18,19);1H. The molecule has 140 valence electrons. The van der Waals surface area contributed by atoms with Gasteiger partial charge in [0.25, 0.3) is 0 Å². The highest BCUT2D eigenvalue weighted by atomic mass is 127. The lowest BCUT2D eigenvalue weighted by atomic mass is 10.2. The quantitative estimate of drug-likeness (QED) is 0.362. The highest BCUT2D eigenvalue weighted by Gasteiger charge is 2.09. The summed E-state index contributed by atoms with van der Waals surface area (Å²) in [5.74, 6) is 2.45. The molecule has 0 spiro atoms. The van der Waals surface area contributed by atoms with E-state index in [-0.39, 0.29) is 29.9 Å². The summed E-state index contributed by atoms with van der Waals surface area (Å²) in [6.07, 6.45) is 1.56. The topological polar surface area (TPSA) is 88.2 Å². The van der Waals surface area contributed by atoms with E-state index in [4.69, 9.17) is 4.52 Å². The zero-order valence-corrected chi connectivity index (χ0v) is 18.6. The number of guanidine groups is 1. The van der Waals surface area contributed by atoms with Crippen LogP contribution in [-0.4, -0.2) is 41.2 Å². The molecule has 0 bridgehead atoms. The molecular formula is C16H27IN6OS. The predicted molar refractivity (Wildman–Crippen MR) is 112 cm³/mol. The number of nitrogens with zero attached hydrogens (tertiary/aromatic N) is 4. The molecule has 0 unspecified atom stereocenters. The van der Waals surface area contributed by atoms with Crippen LogP contribution in [0.25, 0.3) is 0 Å². The Labute approximate surface area is 170 Å². The van der Waals surface area contributed by atoms with Crippen LogP contribution >= 0.6 is 35.3 Å². The van der Waals surface area contributed by atoms with Crippen molar-refractivity contribution in [1.82, 2.24) is 25.8 Å². The molecule has 2 aromatic rings. The summed E-state index contributed by atoms with van der Waals surface area (Å²) in [5, 5.41) is 11.7. The van der Waals surface area contributed by atoms with E-state index in [0.29, 0.717) is 18.9 Å². The Morgan fingerprint density at radius 2 is 1.84 bits per heavy atom. The third-order valence-electron chi connectivity index (χ3n) is 3.56. The predicted octanol–water partition coefficient (Wildman–Crippen LogP) is 2.83. The molecular weight excluding hydrogens is 451 g/mol. The molecule has 0 atom stereocenters. The van der Waals surface area contributed by atoms with Gasteiger partial charge < -0.3 is 15.2 Å². The highest BCUT2D eigenvalue weighted by Crippen LogP contribution is 2.16. The third kappa shape index (κ3) is 6.89. The first kappa shape index (κ1) is 21.8. The molecule has 0 radical (unpaired) electrons. The van der Waals surface area contributed by atoms with Crippen molar-refractivity contribution >= 4 is 41.3 Å². The Kier molecular flexibility index (Phi) is 9.33. The van der Waals surface area contributed by atoms with E-state index in [2.05, 4.69) is 37.7 Å². The van der Waals surface area contributed by atoms with E-state index < -0.39 is 0 Å². The average Bonchev–Trinajstić information content (AvgIpc) is 3.13. The number of rotatable bonds is 7. The van der Waals surface area contributed by atoms with Crippen LogP contribution in [0.1, 0.15) is 47.1 Å². The number of aliphatic imine (C=N–C) groups is 1. The molecule has 2 aromatic heterocycles. The Morgan fingerprint density at radius 1 is 1.16 bits per heavy atom. The lowest BCUT2D eigenvalue weighted by Gasteiger charge is -2.10. The van der Waals surface area contributed by atoms with Gasteiger partial charge in [0.15, 0.2) is 11.8 Å². The lowest BCUT2D eigenvalue weighted by molar-refractivity contribution is 0.371. The number of nitrogens with one attached hydrogen (secondary N) is 2. The minimum absolute atomic E-state index is 0. The van der Waals surface area contributed by atoms with Crippen molar-refractivity contribution in [3.8, 4) is 0 Å². The van der Waals surface area contributed by atoms with E-state index >= 15 is 0 Å². The van der Waals surface area contributed by atoms with Crippen LogP contribution in [0.5, 0.6) is 0 Å². The van der Waals surface area contributed by atoms with Crippen molar-refractivity contribution in [2.75, 3.05) is 20.1 Å². The van der Waals surface area contributed by atoms with Crippen LogP contribution < -0.4 is 10.6 Å². The molecule has 0 aliphatic heterocycles. The molecule has 2 N–H and O–H groups in total. The van der Waals surface area contributed by atoms with Gasteiger partial charge in [0.05, 0.1) is 10.7 Å². The number of aryl methyl sites for hydroxylation is 2. The highest BCUT2D eigenvalue weighted by molar-refractivity contribution is 14.0. The van der Waals surface area contributed by atoms with Gasteiger partial charge >= 0.3 is 0 Å². The van der Waals surface area contributed by atoms with Gasteiger partial charge in [0.1, 0.15) is 0 Å². The molecule has 0 aliphatic rings. The summed E-state index contributed by atoms with van der Waals surface area (Å²) < 4.78 is 5.23. The third-order valence-corrected chi connectivity index (χ3v) is 4.69. The summed E-state index contributed by atoms with van der Waals surface area (Å²) in [5.41, 5.74) is 1.12. The van der Waals surface area contributed by atoms with Gasteiger partial charge in [-0.3, -0.25) is 4.99 Å². The van der Waals surface area contributed by atoms with E-state index in [1.54, 1.807) is 18.4 Å². The van der Waals surface area contributed by atoms with Crippen LogP contribution in [0.4, 0.5) is 0 Å². The second-order valence-corrected chi connectivity index (χ2v) is 7.16. The van der Waals surface area contributed by atoms with Crippen molar-refractivity contribution in [3.63, 3.8) is 0 Å². The van der Waals surface area contributed by atoms with Gasteiger partial charge in [-0.2, -0.15) is 4.98 Å². The normalized spacial score (nSPS) is 11.5. The molecule has 0 amide bonds. The molecule has 25 heavy (non-hydrogen) atoms. The maximum atomic E-state index is 5.23. The van der Waals surface area contributed by atoms with E-state index in [9.17, 15) is 0 Å². The molecule has 0 aliphatic carbocycles. The molecule has 7 nitrogen and oxygen atoms in total. The van der Waals surface area contributed by atoms with Crippen LogP contribution in [0.3, 0.4) is 0 Å². The van der Waals surface area contributed by atoms with Crippen LogP contribution in [0.2, 0.25) is 0 Å². The maximum absolute atomic E-state index is 5.23. The Balaban J connectivity index is 0.00000312. The molecule has 0 saturated heterocycles. The number of hydrogen-bond acceptors (Lipinski definition) is 6. The first-order valence-corrected chi connectivity index (χ1v) is 9.01. The zero-order valence-electron chi connectivity index (χ0n) is 15.4. The van der Waals surface area contributed by atoms with Gasteiger partial charge in [-0.05, 0) is 13.8 Å². The fourth-order valence-electron chi connectivity index (χ4n) is 2.05. The molecule has 2 heterocycles. The van der Waals surface area contributed by atoms with Crippen molar-refractivity contribution < 1.29 is 4.52 Å². The fraction of sp³-hybridized carbons (Fsp3) is 0.625. The van der Waals surface area contributed by atoms with Crippen LogP contribution in [-0.2, 0) is 12.8 Å². The van der Waals surface area contributed by atoms with Gasteiger partial charge in [-0.25, -0.2) is 4.98 Å². The Bertz CT molecular complexity index is 662. The number of thiazole rings is 1. The Hall–Kier alpha value is -1.23. The number of halogens is 1. The summed E-state index contributed by atoms with van der Waals surface area (Å²) in [4.78, 5) is 14.4. The first-order chi connectivity index (χ1) is 11.5. The second-order valence-electron chi connectivity index (χ2n) is 5.88. The SMILES string of the molecule is CN=C(NCCc1nc(C(C)C)no1)NCCc1nc(C)c(C)s1.I. The smallest absolute Gasteiger partial charge is 0.228 e. The Morgan fingerprint density at radius 3 is 2.36 bits per heavy atom. The van der Waals surface area contributed by atoms with E-state index in [1.807, 2.05) is 20.8 Å². The average molecular weight is 478 g/mol. The first-order valence-electron chi connectivity index (χ1n) is 8.19. The number of hydrogen-bond donors (Lipinski definition) is 2. The van der Waals surface area contributed by atoms with Gasteiger partial charge in [-0.15, -0.1) is 35.3 Å². The monoisotopic (exact) mass is 478 g/mol. The molecule has 2 rings (SSSR count). The molecule has 0 saturated carbocycles. The summed E-state index contributed by atoms with van der Waals surface area (Å²) in [7, 11) is 1.76. The fourth-order valence-corrected chi connectivity index (χ4v) is 2.98. The zero-order chi connectivity index (χ0) is 17.5. The number of aromatic nitrogens is 3. The summed E-state index contributed by atoms with van der Waals surface area (Å²) in [6.45, 7) is 9.73. The van der Waals surface area contributed by atoms with Gasteiger partial charge in [-0.1, -0.05) is 19.0 Å². The van der Waals surface area contributed by atoms with Gasteiger partial charge in [0.2, 0.25) is 5.89 Å². The largest absolute Gasteiger partial charge is 0.356 e. The van der Waals surface area contributed by atoms with Crippen molar-refractivity contribution in [1.29, 1.82) is 0 Å². The minimum Gasteiger partial charge on any atom is -0.356 e. The molecule has 0 aromatic carbocycles. The lowest BCUT2D eigenvalue weighted by Crippen LogP contribution is -2.39. The minimum atomic E-state index is 0. The van der Waals surface area contributed by atoms with Crippen molar-refractivity contribution in [2.24, 2.45) is 4.99 Å². The second kappa shape index (κ2) is 10.7. The maximum Gasteiger partial charge on any atom is 0.228 e. The van der Waals surface area contributed by atoms with Crippen molar-refractivity contribution in [2.45, 2.75) is 46.5 Å². The van der Waals surface area contributed by atoms with Gasteiger partial charge in [0, 0.05) is 43.8 Å². The van der Waals surface area contributed by atoms with Crippen molar-refractivity contribution in [3.05, 3.63) is 27.3 Å².